The minimum absolute atomic E-state index is 0.261. The van der Waals surface area contributed by atoms with Crippen LogP contribution >= 0.6 is 0 Å². The third-order valence-electron chi connectivity index (χ3n) is 4.27. The zero-order valence-corrected chi connectivity index (χ0v) is 14.9. The van der Waals surface area contributed by atoms with Crippen molar-refractivity contribution in [3.63, 3.8) is 0 Å². The lowest BCUT2D eigenvalue weighted by molar-refractivity contribution is -0.132. The van der Waals surface area contributed by atoms with E-state index in [-0.39, 0.29) is 5.57 Å². The minimum atomic E-state index is -0.947. The van der Waals surface area contributed by atoms with Crippen molar-refractivity contribution in [2.75, 3.05) is 12.3 Å². The molecule has 0 spiro atoms. The first-order valence-electron chi connectivity index (χ1n) is 8.50. The Kier molecular flexibility index (Phi) is 5.09. The smallest absolute Gasteiger partial charge is 0.331 e. The Bertz CT molecular complexity index is 972. The van der Waals surface area contributed by atoms with Crippen molar-refractivity contribution in [3.05, 3.63) is 59.2 Å². The van der Waals surface area contributed by atoms with Crippen molar-refractivity contribution in [2.45, 2.75) is 20.5 Å². The second-order valence-corrected chi connectivity index (χ2v) is 6.16. The molecular weight excluding hydrogens is 328 g/mol. The molecule has 2 aromatic carbocycles. The lowest BCUT2D eigenvalue weighted by Gasteiger charge is -2.05. The SMILES string of the molecule is CCOCc1cc(N)c2[nH]c(-c3ccccc3)c(/C=C(\C)C(=O)O)c2c1. The highest BCUT2D eigenvalue weighted by Crippen LogP contribution is 2.35. The number of nitrogens with one attached hydrogen (secondary N) is 1. The van der Waals surface area contributed by atoms with Crippen molar-refractivity contribution in [3.8, 4) is 11.3 Å². The van der Waals surface area contributed by atoms with E-state index in [1.165, 1.54) is 0 Å². The lowest BCUT2D eigenvalue weighted by atomic mass is 10.0. The fourth-order valence-electron chi connectivity index (χ4n) is 2.97. The quantitative estimate of drug-likeness (QED) is 0.453. The molecular formula is C21H22N2O3. The number of benzene rings is 2. The number of nitrogens with two attached hydrogens (primary N) is 1. The van der Waals surface area contributed by atoms with Crippen LogP contribution in [0.1, 0.15) is 25.0 Å². The van der Waals surface area contributed by atoms with Crippen molar-refractivity contribution in [2.24, 2.45) is 0 Å². The number of anilines is 1. The van der Waals surface area contributed by atoms with E-state index in [0.717, 1.165) is 33.3 Å². The van der Waals surface area contributed by atoms with Crippen LogP contribution in [-0.2, 0) is 16.1 Å². The molecule has 1 aromatic heterocycles. The number of aromatic nitrogens is 1. The van der Waals surface area contributed by atoms with Gasteiger partial charge in [0, 0.05) is 23.1 Å². The van der Waals surface area contributed by atoms with Gasteiger partial charge < -0.3 is 20.6 Å². The van der Waals surface area contributed by atoms with Gasteiger partial charge in [-0.15, -0.1) is 0 Å². The first kappa shape index (κ1) is 17.8. The molecule has 0 saturated carbocycles. The van der Waals surface area contributed by atoms with E-state index in [0.29, 0.717) is 18.9 Å². The predicted octanol–water partition coefficient (Wildman–Crippen LogP) is 4.44. The Labute approximate surface area is 152 Å². The van der Waals surface area contributed by atoms with Crippen molar-refractivity contribution >= 4 is 28.6 Å². The standard InChI is InChI=1S/C21H22N2O3/c1-3-26-12-14-10-17-16(9-13(2)21(24)25)19(15-7-5-4-6-8-15)23-20(17)18(22)11-14/h4-11,23H,3,12,22H2,1-2H3,(H,24,25)/b13-9+. The van der Waals surface area contributed by atoms with Crippen molar-refractivity contribution < 1.29 is 14.6 Å². The van der Waals surface area contributed by atoms with Gasteiger partial charge in [-0.05, 0) is 43.2 Å². The summed E-state index contributed by atoms with van der Waals surface area (Å²) in [5, 5.41) is 10.2. The third-order valence-corrected chi connectivity index (χ3v) is 4.27. The molecule has 0 aliphatic carbocycles. The summed E-state index contributed by atoms with van der Waals surface area (Å²) in [5.41, 5.74) is 11.5. The monoisotopic (exact) mass is 350 g/mol. The molecule has 0 radical (unpaired) electrons. The summed E-state index contributed by atoms with van der Waals surface area (Å²) in [6.45, 7) is 4.61. The topological polar surface area (TPSA) is 88.3 Å². The zero-order valence-electron chi connectivity index (χ0n) is 14.9. The molecule has 0 aliphatic heterocycles. The van der Waals surface area contributed by atoms with Crippen LogP contribution in [0.25, 0.3) is 28.2 Å². The lowest BCUT2D eigenvalue weighted by Crippen LogP contribution is -1.96. The van der Waals surface area contributed by atoms with Gasteiger partial charge in [0.25, 0.3) is 0 Å². The molecule has 0 amide bonds. The maximum atomic E-state index is 11.4. The minimum Gasteiger partial charge on any atom is -0.478 e. The van der Waals surface area contributed by atoms with E-state index in [1.807, 2.05) is 49.4 Å². The number of carbonyl (C=O) groups is 1. The van der Waals surface area contributed by atoms with E-state index in [1.54, 1.807) is 13.0 Å². The summed E-state index contributed by atoms with van der Waals surface area (Å²) in [4.78, 5) is 14.7. The molecule has 0 fully saturated rings. The number of rotatable bonds is 6. The van der Waals surface area contributed by atoms with Gasteiger partial charge in [0.2, 0.25) is 0 Å². The molecule has 0 aliphatic rings. The van der Waals surface area contributed by atoms with E-state index in [2.05, 4.69) is 4.98 Å². The number of carboxylic acid groups (broad SMARTS) is 1. The molecule has 0 unspecified atom stereocenters. The van der Waals surface area contributed by atoms with Gasteiger partial charge in [-0.25, -0.2) is 4.79 Å². The summed E-state index contributed by atoms with van der Waals surface area (Å²) in [7, 11) is 0. The van der Waals surface area contributed by atoms with Crippen LogP contribution in [0.3, 0.4) is 0 Å². The number of hydrogen-bond donors (Lipinski definition) is 3. The number of ether oxygens (including phenoxy) is 1. The van der Waals surface area contributed by atoms with Gasteiger partial charge in [0.05, 0.1) is 23.5 Å². The number of fused-ring (bicyclic) bond motifs is 1. The molecule has 3 aromatic rings. The van der Waals surface area contributed by atoms with Crippen molar-refractivity contribution in [1.82, 2.24) is 4.98 Å². The average molecular weight is 350 g/mol. The van der Waals surface area contributed by atoms with Gasteiger partial charge in [0.15, 0.2) is 0 Å². The average Bonchev–Trinajstić information content (AvgIpc) is 2.99. The summed E-state index contributed by atoms with van der Waals surface area (Å²) < 4.78 is 5.50. The molecule has 1 heterocycles. The number of nitrogen functional groups attached to an aromatic ring is 1. The Morgan fingerprint density at radius 3 is 2.65 bits per heavy atom. The predicted molar refractivity (Wildman–Crippen MR) is 105 cm³/mol. The largest absolute Gasteiger partial charge is 0.478 e. The number of H-pyrrole nitrogens is 1. The van der Waals surface area contributed by atoms with Gasteiger partial charge in [-0.1, -0.05) is 30.3 Å². The normalized spacial score (nSPS) is 11.8. The summed E-state index contributed by atoms with van der Waals surface area (Å²) >= 11 is 0. The van der Waals surface area contributed by atoms with Gasteiger partial charge in [-0.2, -0.15) is 0 Å². The maximum Gasteiger partial charge on any atom is 0.331 e. The Morgan fingerprint density at radius 2 is 2.00 bits per heavy atom. The maximum absolute atomic E-state index is 11.4. The molecule has 26 heavy (non-hydrogen) atoms. The molecule has 0 saturated heterocycles. The highest BCUT2D eigenvalue weighted by molar-refractivity contribution is 6.05. The van der Waals surface area contributed by atoms with Crippen LogP contribution in [0, 0.1) is 0 Å². The number of aliphatic carboxylic acids is 1. The third kappa shape index (κ3) is 3.48. The molecule has 134 valence electrons. The number of aromatic amines is 1. The Morgan fingerprint density at radius 1 is 1.27 bits per heavy atom. The van der Waals surface area contributed by atoms with Crippen LogP contribution in [-0.4, -0.2) is 22.7 Å². The molecule has 0 atom stereocenters. The Balaban J connectivity index is 2.27. The number of carboxylic acids is 1. The fourth-order valence-corrected chi connectivity index (χ4v) is 2.97. The first-order valence-corrected chi connectivity index (χ1v) is 8.50. The highest BCUT2D eigenvalue weighted by Gasteiger charge is 2.16. The van der Waals surface area contributed by atoms with E-state index >= 15 is 0 Å². The van der Waals surface area contributed by atoms with Crippen LogP contribution < -0.4 is 5.73 Å². The summed E-state index contributed by atoms with van der Waals surface area (Å²) in [6.07, 6.45) is 1.69. The van der Waals surface area contributed by atoms with E-state index < -0.39 is 5.97 Å². The molecule has 0 bridgehead atoms. The van der Waals surface area contributed by atoms with Crippen LogP contribution in [0.2, 0.25) is 0 Å². The van der Waals surface area contributed by atoms with Gasteiger partial charge in [-0.3, -0.25) is 0 Å². The van der Waals surface area contributed by atoms with Gasteiger partial charge >= 0.3 is 5.97 Å². The second kappa shape index (κ2) is 7.45. The van der Waals surface area contributed by atoms with Crippen LogP contribution in [0.5, 0.6) is 0 Å². The summed E-state index contributed by atoms with van der Waals surface area (Å²) in [5.74, 6) is -0.947. The van der Waals surface area contributed by atoms with E-state index in [9.17, 15) is 9.90 Å². The Hall–Kier alpha value is -3.05. The second-order valence-electron chi connectivity index (χ2n) is 6.16. The molecule has 3 rings (SSSR count). The molecule has 4 N–H and O–H groups in total. The summed E-state index contributed by atoms with van der Waals surface area (Å²) in [6, 6.07) is 13.7. The highest BCUT2D eigenvalue weighted by atomic mass is 16.5. The van der Waals surface area contributed by atoms with Gasteiger partial charge in [0.1, 0.15) is 0 Å². The zero-order chi connectivity index (χ0) is 18.7. The van der Waals surface area contributed by atoms with Crippen LogP contribution in [0.4, 0.5) is 5.69 Å². The van der Waals surface area contributed by atoms with Crippen molar-refractivity contribution in [1.29, 1.82) is 0 Å². The van der Waals surface area contributed by atoms with E-state index in [4.69, 9.17) is 10.5 Å². The molecule has 5 nitrogen and oxygen atoms in total. The fraction of sp³-hybridized carbons (Fsp3) is 0.190. The van der Waals surface area contributed by atoms with Crippen LogP contribution in [0.15, 0.2) is 48.0 Å². The number of hydrogen-bond acceptors (Lipinski definition) is 3. The molecule has 5 heteroatoms. The first-order chi connectivity index (χ1) is 12.5.